The van der Waals surface area contributed by atoms with Crippen molar-refractivity contribution in [3.8, 4) is 5.75 Å². The summed E-state index contributed by atoms with van der Waals surface area (Å²) in [7, 11) is 0. The molecular formula is C22H25NO4. The van der Waals surface area contributed by atoms with Crippen LogP contribution in [0.5, 0.6) is 5.75 Å². The van der Waals surface area contributed by atoms with Crippen molar-refractivity contribution < 1.29 is 19.1 Å². The number of rotatable bonds is 6. The normalized spacial score (nSPS) is 16.7. The quantitative estimate of drug-likeness (QED) is 0.788. The van der Waals surface area contributed by atoms with E-state index < -0.39 is 6.10 Å². The van der Waals surface area contributed by atoms with Gasteiger partial charge in [0.2, 0.25) is 0 Å². The first-order valence-corrected chi connectivity index (χ1v) is 9.40. The second kappa shape index (κ2) is 8.71. The SMILES string of the molecule is CCOC(=O)c1ccc(O[C@H](C)C(=O)N[C@@H]2CCCc3ccccc32)cc1. The lowest BCUT2D eigenvalue weighted by Crippen LogP contribution is -2.39. The number of amides is 1. The van der Waals surface area contributed by atoms with E-state index in [0.717, 1.165) is 19.3 Å². The predicted molar refractivity (Wildman–Crippen MR) is 103 cm³/mol. The molecule has 0 saturated heterocycles. The number of aryl methyl sites for hydroxylation is 1. The van der Waals surface area contributed by atoms with Gasteiger partial charge in [0.15, 0.2) is 6.10 Å². The minimum Gasteiger partial charge on any atom is -0.481 e. The largest absolute Gasteiger partial charge is 0.481 e. The zero-order valence-corrected chi connectivity index (χ0v) is 15.7. The zero-order chi connectivity index (χ0) is 19.2. The van der Waals surface area contributed by atoms with Gasteiger partial charge in [-0.25, -0.2) is 4.79 Å². The molecule has 27 heavy (non-hydrogen) atoms. The monoisotopic (exact) mass is 367 g/mol. The summed E-state index contributed by atoms with van der Waals surface area (Å²) in [6.07, 6.45) is 2.42. The molecule has 0 bridgehead atoms. The maximum absolute atomic E-state index is 12.6. The van der Waals surface area contributed by atoms with E-state index in [9.17, 15) is 9.59 Å². The van der Waals surface area contributed by atoms with Crippen molar-refractivity contribution in [1.29, 1.82) is 0 Å². The fourth-order valence-corrected chi connectivity index (χ4v) is 3.33. The summed E-state index contributed by atoms with van der Waals surface area (Å²) >= 11 is 0. The van der Waals surface area contributed by atoms with Gasteiger partial charge in [-0.3, -0.25) is 4.79 Å². The third-order valence-corrected chi connectivity index (χ3v) is 4.73. The molecule has 2 atom stereocenters. The van der Waals surface area contributed by atoms with Crippen LogP contribution in [0.1, 0.15) is 54.2 Å². The lowest BCUT2D eigenvalue weighted by Gasteiger charge is -2.27. The molecule has 0 saturated carbocycles. The molecule has 1 amide bonds. The molecule has 0 heterocycles. The van der Waals surface area contributed by atoms with Gasteiger partial charge < -0.3 is 14.8 Å². The van der Waals surface area contributed by atoms with Crippen LogP contribution in [0, 0.1) is 0 Å². The van der Waals surface area contributed by atoms with Gasteiger partial charge in [-0.15, -0.1) is 0 Å². The van der Waals surface area contributed by atoms with Crippen LogP contribution in [0.2, 0.25) is 0 Å². The van der Waals surface area contributed by atoms with Crippen LogP contribution in [-0.4, -0.2) is 24.6 Å². The van der Waals surface area contributed by atoms with Crippen molar-refractivity contribution in [2.45, 2.75) is 45.3 Å². The van der Waals surface area contributed by atoms with E-state index in [2.05, 4.69) is 17.4 Å². The third kappa shape index (κ3) is 4.67. The topological polar surface area (TPSA) is 64.6 Å². The molecule has 2 aromatic rings. The number of ether oxygens (including phenoxy) is 2. The summed E-state index contributed by atoms with van der Waals surface area (Å²) in [5, 5.41) is 3.10. The zero-order valence-electron chi connectivity index (χ0n) is 15.7. The van der Waals surface area contributed by atoms with E-state index in [0.29, 0.717) is 17.9 Å². The smallest absolute Gasteiger partial charge is 0.338 e. The predicted octanol–water partition coefficient (Wildman–Crippen LogP) is 3.82. The summed E-state index contributed by atoms with van der Waals surface area (Å²) in [5.41, 5.74) is 2.96. The molecular weight excluding hydrogens is 342 g/mol. The first-order chi connectivity index (χ1) is 13.1. The Balaban J connectivity index is 1.59. The molecule has 3 rings (SSSR count). The van der Waals surface area contributed by atoms with Gasteiger partial charge in [0.25, 0.3) is 5.91 Å². The van der Waals surface area contributed by atoms with E-state index >= 15 is 0 Å². The number of esters is 1. The van der Waals surface area contributed by atoms with Gasteiger partial charge in [0.1, 0.15) is 5.75 Å². The molecule has 5 heteroatoms. The summed E-state index contributed by atoms with van der Waals surface area (Å²) in [5.74, 6) is 0.0201. The molecule has 0 spiro atoms. The molecule has 0 aromatic heterocycles. The second-order valence-corrected chi connectivity index (χ2v) is 6.66. The third-order valence-electron chi connectivity index (χ3n) is 4.73. The van der Waals surface area contributed by atoms with Crippen molar-refractivity contribution in [2.24, 2.45) is 0 Å². The first-order valence-electron chi connectivity index (χ1n) is 9.40. The van der Waals surface area contributed by atoms with Crippen molar-refractivity contribution >= 4 is 11.9 Å². The van der Waals surface area contributed by atoms with Crippen molar-refractivity contribution in [3.05, 3.63) is 65.2 Å². The Morgan fingerprint density at radius 2 is 1.89 bits per heavy atom. The van der Waals surface area contributed by atoms with Crippen molar-refractivity contribution in [2.75, 3.05) is 6.61 Å². The minimum absolute atomic E-state index is 0.0275. The van der Waals surface area contributed by atoms with Crippen LogP contribution in [-0.2, 0) is 16.0 Å². The van der Waals surface area contributed by atoms with E-state index in [4.69, 9.17) is 9.47 Å². The number of hydrogen-bond acceptors (Lipinski definition) is 4. The Labute approximate surface area is 159 Å². The number of carbonyl (C=O) groups excluding carboxylic acids is 2. The Hall–Kier alpha value is -2.82. The molecule has 0 aliphatic heterocycles. The second-order valence-electron chi connectivity index (χ2n) is 6.66. The fraction of sp³-hybridized carbons (Fsp3) is 0.364. The highest BCUT2D eigenvalue weighted by Crippen LogP contribution is 2.29. The Kier molecular flexibility index (Phi) is 6.12. The Morgan fingerprint density at radius 1 is 1.15 bits per heavy atom. The highest BCUT2D eigenvalue weighted by molar-refractivity contribution is 5.89. The lowest BCUT2D eigenvalue weighted by molar-refractivity contribution is -0.128. The van der Waals surface area contributed by atoms with Crippen LogP contribution >= 0.6 is 0 Å². The van der Waals surface area contributed by atoms with Gasteiger partial charge in [-0.1, -0.05) is 24.3 Å². The van der Waals surface area contributed by atoms with Gasteiger partial charge in [0, 0.05) is 0 Å². The standard InChI is InChI=1S/C22H25NO4/c1-3-26-22(25)17-11-13-18(14-12-17)27-15(2)21(24)23-20-10-6-8-16-7-4-5-9-19(16)20/h4-5,7,9,11-15,20H,3,6,8,10H2,1-2H3,(H,23,24)/t15-,20-/m1/s1. The molecule has 0 unspecified atom stereocenters. The van der Waals surface area contributed by atoms with Crippen molar-refractivity contribution in [1.82, 2.24) is 5.32 Å². The molecule has 0 radical (unpaired) electrons. The van der Waals surface area contributed by atoms with Crippen LogP contribution < -0.4 is 10.1 Å². The van der Waals surface area contributed by atoms with Crippen LogP contribution in [0.3, 0.4) is 0 Å². The van der Waals surface area contributed by atoms with Gasteiger partial charge in [0.05, 0.1) is 18.2 Å². The van der Waals surface area contributed by atoms with E-state index in [-0.39, 0.29) is 17.9 Å². The molecule has 5 nitrogen and oxygen atoms in total. The molecule has 1 aliphatic carbocycles. The Morgan fingerprint density at radius 3 is 2.63 bits per heavy atom. The number of benzene rings is 2. The van der Waals surface area contributed by atoms with Gasteiger partial charge in [-0.05, 0) is 68.5 Å². The summed E-state index contributed by atoms with van der Waals surface area (Å²) in [6, 6.07) is 14.9. The number of hydrogen-bond donors (Lipinski definition) is 1. The minimum atomic E-state index is -0.632. The van der Waals surface area contributed by atoms with E-state index in [1.54, 1.807) is 38.1 Å². The average Bonchev–Trinajstić information content (AvgIpc) is 2.69. The molecule has 1 aliphatic rings. The van der Waals surface area contributed by atoms with Gasteiger partial charge >= 0.3 is 5.97 Å². The highest BCUT2D eigenvalue weighted by Gasteiger charge is 2.24. The Bertz CT molecular complexity index is 800. The number of fused-ring (bicyclic) bond motifs is 1. The van der Waals surface area contributed by atoms with Crippen LogP contribution in [0.25, 0.3) is 0 Å². The molecule has 0 fully saturated rings. The number of carbonyl (C=O) groups is 2. The van der Waals surface area contributed by atoms with E-state index in [1.807, 2.05) is 12.1 Å². The van der Waals surface area contributed by atoms with Crippen LogP contribution in [0.15, 0.2) is 48.5 Å². The average molecular weight is 367 g/mol. The lowest BCUT2D eigenvalue weighted by atomic mass is 9.87. The molecule has 142 valence electrons. The van der Waals surface area contributed by atoms with E-state index in [1.165, 1.54) is 11.1 Å². The van der Waals surface area contributed by atoms with Crippen molar-refractivity contribution in [3.63, 3.8) is 0 Å². The first kappa shape index (κ1) is 19.0. The molecule has 1 N–H and O–H groups in total. The summed E-state index contributed by atoms with van der Waals surface area (Å²) in [4.78, 5) is 24.3. The maximum atomic E-state index is 12.6. The highest BCUT2D eigenvalue weighted by atomic mass is 16.5. The summed E-state index contributed by atoms with van der Waals surface area (Å²) in [6.45, 7) is 3.82. The fourth-order valence-electron chi connectivity index (χ4n) is 3.33. The maximum Gasteiger partial charge on any atom is 0.338 e. The molecule has 2 aromatic carbocycles. The summed E-state index contributed by atoms with van der Waals surface area (Å²) < 4.78 is 10.7. The number of nitrogens with one attached hydrogen (secondary N) is 1. The van der Waals surface area contributed by atoms with Gasteiger partial charge in [-0.2, -0.15) is 0 Å². The van der Waals surface area contributed by atoms with Crippen LogP contribution in [0.4, 0.5) is 0 Å².